The van der Waals surface area contributed by atoms with Crippen LogP contribution in [0, 0.1) is 12.7 Å². The standard InChI is InChI=1S/C25H22FN3O/c1-17-7-6-9-20(13-17)28-16-19(14-24(28)30)25-27-22-11-4-5-12-23(22)29(25)15-18-8-2-3-10-21(18)26/h2-13,19H,14-16H2,1H3/t19-/m1/s1. The number of fused-ring (bicyclic) bond motifs is 1. The van der Waals surface area contributed by atoms with Crippen LogP contribution in [0.1, 0.15) is 29.3 Å². The average Bonchev–Trinajstić information content (AvgIpc) is 3.30. The van der Waals surface area contributed by atoms with Crippen molar-refractivity contribution < 1.29 is 9.18 Å². The summed E-state index contributed by atoms with van der Waals surface area (Å²) in [5.74, 6) is 0.653. The minimum absolute atomic E-state index is 0.0443. The smallest absolute Gasteiger partial charge is 0.227 e. The Labute approximate surface area is 174 Å². The summed E-state index contributed by atoms with van der Waals surface area (Å²) in [7, 11) is 0. The molecule has 5 heteroatoms. The van der Waals surface area contributed by atoms with Crippen molar-refractivity contribution in [2.24, 2.45) is 0 Å². The van der Waals surface area contributed by atoms with Crippen LogP contribution in [0.4, 0.5) is 10.1 Å². The summed E-state index contributed by atoms with van der Waals surface area (Å²) >= 11 is 0. The lowest BCUT2D eigenvalue weighted by molar-refractivity contribution is -0.117. The van der Waals surface area contributed by atoms with E-state index in [9.17, 15) is 9.18 Å². The van der Waals surface area contributed by atoms with Gasteiger partial charge in [0, 0.05) is 30.1 Å². The van der Waals surface area contributed by atoms with E-state index in [1.165, 1.54) is 6.07 Å². The van der Waals surface area contributed by atoms with Crippen LogP contribution in [0.2, 0.25) is 0 Å². The van der Waals surface area contributed by atoms with Gasteiger partial charge in [-0.3, -0.25) is 4.79 Å². The Balaban J connectivity index is 1.54. The molecule has 1 amide bonds. The van der Waals surface area contributed by atoms with Crippen LogP contribution in [0.15, 0.2) is 72.8 Å². The molecule has 4 aromatic rings. The molecule has 0 N–H and O–H groups in total. The Bertz CT molecular complexity index is 1250. The molecule has 0 saturated carbocycles. The van der Waals surface area contributed by atoms with Gasteiger partial charge in [-0.1, -0.05) is 42.5 Å². The van der Waals surface area contributed by atoms with E-state index < -0.39 is 0 Å². The van der Waals surface area contributed by atoms with Crippen LogP contribution in [-0.2, 0) is 11.3 Å². The number of benzene rings is 3. The van der Waals surface area contributed by atoms with Crippen LogP contribution in [0.25, 0.3) is 11.0 Å². The third-order valence-corrected chi connectivity index (χ3v) is 5.77. The van der Waals surface area contributed by atoms with Gasteiger partial charge in [-0.25, -0.2) is 9.37 Å². The molecule has 5 rings (SSSR count). The zero-order chi connectivity index (χ0) is 20.7. The van der Waals surface area contributed by atoms with Crippen molar-refractivity contribution in [1.82, 2.24) is 9.55 Å². The number of rotatable bonds is 4. The second-order valence-corrected chi connectivity index (χ2v) is 7.88. The van der Waals surface area contributed by atoms with Gasteiger partial charge in [-0.15, -0.1) is 0 Å². The number of amides is 1. The molecule has 2 heterocycles. The highest BCUT2D eigenvalue weighted by Crippen LogP contribution is 2.34. The number of carbonyl (C=O) groups excluding carboxylic acids is 1. The number of hydrogen-bond acceptors (Lipinski definition) is 2. The van der Waals surface area contributed by atoms with E-state index in [4.69, 9.17) is 4.98 Å². The highest BCUT2D eigenvalue weighted by atomic mass is 19.1. The lowest BCUT2D eigenvalue weighted by Crippen LogP contribution is -2.24. The molecule has 3 aromatic carbocycles. The number of aromatic nitrogens is 2. The second kappa shape index (κ2) is 7.41. The van der Waals surface area contributed by atoms with E-state index in [-0.39, 0.29) is 17.6 Å². The van der Waals surface area contributed by atoms with E-state index in [0.29, 0.717) is 25.1 Å². The summed E-state index contributed by atoms with van der Waals surface area (Å²) in [6, 6.07) is 22.7. The van der Waals surface area contributed by atoms with Gasteiger partial charge in [0.15, 0.2) is 0 Å². The first-order chi connectivity index (χ1) is 14.6. The van der Waals surface area contributed by atoms with Gasteiger partial charge in [-0.05, 0) is 42.8 Å². The largest absolute Gasteiger partial charge is 0.323 e. The van der Waals surface area contributed by atoms with Gasteiger partial charge >= 0.3 is 0 Å². The molecular formula is C25H22FN3O. The van der Waals surface area contributed by atoms with E-state index in [1.807, 2.05) is 66.4 Å². The maximum Gasteiger partial charge on any atom is 0.227 e. The van der Waals surface area contributed by atoms with Gasteiger partial charge in [0.2, 0.25) is 5.91 Å². The lowest BCUT2D eigenvalue weighted by atomic mass is 10.1. The van der Waals surface area contributed by atoms with Crippen molar-refractivity contribution in [3.63, 3.8) is 0 Å². The molecule has 1 aliphatic heterocycles. The predicted octanol–water partition coefficient (Wildman–Crippen LogP) is 5.05. The number of aryl methyl sites for hydroxylation is 1. The number of para-hydroxylation sites is 2. The van der Waals surface area contributed by atoms with Crippen molar-refractivity contribution in [2.75, 3.05) is 11.4 Å². The molecule has 0 radical (unpaired) electrons. The summed E-state index contributed by atoms with van der Waals surface area (Å²) in [6.07, 6.45) is 0.397. The normalized spacial score (nSPS) is 16.5. The Hall–Kier alpha value is -3.47. The molecule has 0 unspecified atom stereocenters. The SMILES string of the molecule is Cc1cccc(N2C[C@H](c3nc4ccccc4n3Cc3ccccc3F)CC2=O)c1. The predicted molar refractivity (Wildman–Crippen MR) is 116 cm³/mol. The van der Waals surface area contributed by atoms with E-state index in [1.54, 1.807) is 12.1 Å². The zero-order valence-electron chi connectivity index (χ0n) is 16.8. The number of nitrogens with zero attached hydrogens (tertiary/aromatic N) is 3. The summed E-state index contributed by atoms with van der Waals surface area (Å²) in [4.78, 5) is 19.5. The van der Waals surface area contributed by atoms with Gasteiger partial charge in [0.25, 0.3) is 0 Å². The molecule has 1 saturated heterocycles. The molecule has 0 spiro atoms. The minimum atomic E-state index is -0.231. The fraction of sp³-hybridized carbons (Fsp3) is 0.200. The van der Waals surface area contributed by atoms with Gasteiger partial charge in [0.1, 0.15) is 11.6 Å². The first-order valence-electron chi connectivity index (χ1n) is 10.2. The summed E-state index contributed by atoms with van der Waals surface area (Å²) in [6.45, 7) is 2.98. The summed E-state index contributed by atoms with van der Waals surface area (Å²) in [5.41, 5.74) is 4.47. The van der Waals surface area contributed by atoms with E-state index in [2.05, 4.69) is 4.57 Å². The molecule has 1 atom stereocenters. The van der Waals surface area contributed by atoms with Gasteiger partial charge < -0.3 is 9.47 Å². The van der Waals surface area contributed by atoms with Crippen LogP contribution in [0.5, 0.6) is 0 Å². The summed E-state index contributed by atoms with van der Waals surface area (Å²) < 4.78 is 16.4. The molecule has 4 nitrogen and oxygen atoms in total. The number of anilines is 1. The highest BCUT2D eigenvalue weighted by Gasteiger charge is 2.35. The second-order valence-electron chi connectivity index (χ2n) is 7.88. The Kier molecular flexibility index (Phi) is 4.58. The van der Waals surface area contributed by atoms with Crippen LogP contribution < -0.4 is 4.90 Å². The third kappa shape index (κ3) is 3.26. The van der Waals surface area contributed by atoms with Crippen molar-refractivity contribution in [3.05, 3.63) is 95.6 Å². The summed E-state index contributed by atoms with van der Waals surface area (Å²) in [5, 5.41) is 0. The fourth-order valence-corrected chi connectivity index (χ4v) is 4.29. The molecule has 1 aliphatic rings. The minimum Gasteiger partial charge on any atom is -0.323 e. The zero-order valence-corrected chi connectivity index (χ0v) is 16.8. The van der Waals surface area contributed by atoms with E-state index >= 15 is 0 Å². The number of imidazole rings is 1. The van der Waals surface area contributed by atoms with Crippen molar-refractivity contribution in [3.8, 4) is 0 Å². The molecule has 0 aliphatic carbocycles. The highest BCUT2D eigenvalue weighted by molar-refractivity contribution is 5.96. The maximum atomic E-state index is 14.4. The van der Waals surface area contributed by atoms with Crippen molar-refractivity contribution in [2.45, 2.75) is 25.8 Å². The Morgan fingerprint density at radius 2 is 1.83 bits per heavy atom. The fourth-order valence-electron chi connectivity index (χ4n) is 4.29. The Morgan fingerprint density at radius 1 is 1.03 bits per heavy atom. The van der Waals surface area contributed by atoms with Crippen LogP contribution in [-0.4, -0.2) is 22.0 Å². The molecule has 1 aromatic heterocycles. The monoisotopic (exact) mass is 399 g/mol. The maximum absolute atomic E-state index is 14.4. The van der Waals surface area contributed by atoms with Gasteiger partial charge in [-0.2, -0.15) is 0 Å². The first-order valence-corrected chi connectivity index (χ1v) is 10.2. The lowest BCUT2D eigenvalue weighted by Gasteiger charge is -2.18. The quantitative estimate of drug-likeness (QED) is 0.481. The Morgan fingerprint density at radius 3 is 2.67 bits per heavy atom. The van der Waals surface area contributed by atoms with Crippen LogP contribution >= 0.6 is 0 Å². The van der Waals surface area contributed by atoms with Crippen molar-refractivity contribution in [1.29, 1.82) is 0 Å². The number of halogens is 1. The van der Waals surface area contributed by atoms with Crippen molar-refractivity contribution >= 4 is 22.6 Å². The number of hydrogen-bond donors (Lipinski definition) is 0. The van der Waals surface area contributed by atoms with Crippen LogP contribution in [0.3, 0.4) is 0 Å². The number of carbonyl (C=O) groups is 1. The molecule has 150 valence electrons. The first kappa shape index (κ1) is 18.6. The van der Waals surface area contributed by atoms with Gasteiger partial charge in [0.05, 0.1) is 17.6 Å². The molecule has 0 bridgehead atoms. The molecule has 1 fully saturated rings. The molecule has 30 heavy (non-hydrogen) atoms. The average molecular weight is 399 g/mol. The molecular weight excluding hydrogens is 377 g/mol. The van der Waals surface area contributed by atoms with E-state index in [0.717, 1.165) is 28.1 Å². The third-order valence-electron chi connectivity index (χ3n) is 5.77. The topological polar surface area (TPSA) is 38.1 Å².